The smallest absolute Gasteiger partial charge is 0.262 e. The van der Waals surface area contributed by atoms with E-state index in [1.54, 1.807) is 43.5 Å². The average Bonchev–Trinajstić information content (AvgIpc) is 2.80. The topological polar surface area (TPSA) is 77.8 Å². The third kappa shape index (κ3) is 4.43. The summed E-state index contributed by atoms with van der Waals surface area (Å²) < 4.78 is 16.8. The minimum Gasteiger partial charge on any atom is -0.497 e. The molecule has 1 amide bonds. The van der Waals surface area contributed by atoms with Gasteiger partial charge in [-0.05, 0) is 43.3 Å². The van der Waals surface area contributed by atoms with Crippen LogP contribution in [-0.4, -0.2) is 19.6 Å². The molecule has 0 saturated heterocycles. The van der Waals surface area contributed by atoms with Crippen LogP contribution in [0.3, 0.4) is 0 Å². The second-order valence-corrected chi connectivity index (χ2v) is 7.02. The van der Waals surface area contributed by atoms with E-state index in [-0.39, 0.29) is 17.8 Å². The van der Waals surface area contributed by atoms with Gasteiger partial charge in [-0.2, -0.15) is 0 Å². The minimum absolute atomic E-state index is 0.00850. The number of amides is 1. The van der Waals surface area contributed by atoms with E-state index in [4.69, 9.17) is 13.9 Å². The predicted molar refractivity (Wildman–Crippen MR) is 120 cm³/mol. The summed E-state index contributed by atoms with van der Waals surface area (Å²) in [4.78, 5) is 25.6. The fourth-order valence-corrected chi connectivity index (χ4v) is 3.21. The Morgan fingerprint density at radius 1 is 1.00 bits per heavy atom. The summed E-state index contributed by atoms with van der Waals surface area (Å²) in [6.45, 7) is 1.56. The molecule has 0 unspecified atom stereocenters. The Labute approximate surface area is 179 Å². The van der Waals surface area contributed by atoms with Crippen LogP contribution >= 0.6 is 0 Å². The molecule has 0 aliphatic carbocycles. The number of carbonyl (C=O) groups is 1. The third-order valence-corrected chi connectivity index (χ3v) is 4.76. The van der Waals surface area contributed by atoms with Gasteiger partial charge < -0.3 is 19.2 Å². The second-order valence-electron chi connectivity index (χ2n) is 7.02. The first-order valence-electron chi connectivity index (χ1n) is 9.75. The van der Waals surface area contributed by atoms with Crippen molar-refractivity contribution in [2.45, 2.75) is 6.92 Å². The maximum Gasteiger partial charge on any atom is 0.262 e. The average molecular weight is 415 g/mol. The molecular weight excluding hydrogens is 394 g/mol. The van der Waals surface area contributed by atoms with Gasteiger partial charge in [0.2, 0.25) is 11.2 Å². The van der Waals surface area contributed by atoms with Gasteiger partial charge in [-0.15, -0.1) is 0 Å². The number of hydrogen-bond acceptors (Lipinski definition) is 5. The highest BCUT2D eigenvalue weighted by Gasteiger charge is 2.19. The van der Waals surface area contributed by atoms with Gasteiger partial charge >= 0.3 is 0 Å². The largest absolute Gasteiger partial charge is 0.497 e. The van der Waals surface area contributed by atoms with Crippen molar-refractivity contribution in [1.82, 2.24) is 0 Å². The quantitative estimate of drug-likeness (QED) is 0.490. The Bertz CT molecular complexity index is 1280. The van der Waals surface area contributed by atoms with Crippen LogP contribution in [0.25, 0.3) is 22.3 Å². The van der Waals surface area contributed by atoms with Gasteiger partial charge in [-0.1, -0.05) is 42.0 Å². The lowest BCUT2D eigenvalue weighted by Gasteiger charge is -2.12. The summed E-state index contributed by atoms with van der Waals surface area (Å²) in [5.74, 6) is 0.590. The number of nitrogens with one attached hydrogen (secondary N) is 1. The molecule has 0 aliphatic heterocycles. The van der Waals surface area contributed by atoms with Crippen LogP contribution in [0, 0.1) is 6.92 Å². The van der Waals surface area contributed by atoms with Crippen molar-refractivity contribution in [3.63, 3.8) is 0 Å². The Hall–Kier alpha value is -4.06. The number of carbonyl (C=O) groups excluding carboxylic acids is 1. The molecule has 1 N–H and O–H groups in total. The van der Waals surface area contributed by atoms with Gasteiger partial charge in [0.1, 0.15) is 11.3 Å². The molecule has 1 aromatic heterocycles. The van der Waals surface area contributed by atoms with Crippen molar-refractivity contribution in [3.05, 3.63) is 88.6 Å². The Morgan fingerprint density at radius 3 is 2.45 bits per heavy atom. The number of anilines is 1. The minimum atomic E-state index is -0.395. The summed E-state index contributed by atoms with van der Waals surface area (Å²) in [5, 5.41) is 3.14. The van der Waals surface area contributed by atoms with Crippen molar-refractivity contribution < 1.29 is 18.7 Å². The van der Waals surface area contributed by atoms with Crippen molar-refractivity contribution in [2.24, 2.45) is 0 Å². The molecule has 0 spiro atoms. The molecule has 6 nitrogen and oxygen atoms in total. The Kier molecular flexibility index (Phi) is 5.71. The van der Waals surface area contributed by atoms with Gasteiger partial charge in [-0.3, -0.25) is 9.59 Å². The highest BCUT2D eigenvalue weighted by atomic mass is 16.5. The standard InChI is InChI=1S/C25H21NO5/c1-16-8-13-21-20(14-16)23(28)25(24(31-21)17-6-4-3-5-7-17)30-15-22(27)26-18-9-11-19(29-2)12-10-18/h3-14H,15H2,1-2H3,(H,26,27). The van der Waals surface area contributed by atoms with Crippen LogP contribution in [-0.2, 0) is 4.79 Å². The summed E-state index contributed by atoms with van der Waals surface area (Å²) in [6, 6.07) is 21.5. The zero-order valence-corrected chi connectivity index (χ0v) is 17.2. The molecular formula is C25H21NO5. The van der Waals surface area contributed by atoms with E-state index >= 15 is 0 Å². The van der Waals surface area contributed by atoms with Gasteiger partial charge in [0.05, 0.1) is 12.5 Å². The van der Waals surface area contributed by atoms with E-state index in [9.17, 15) is 9.59 Å². The number of ether oxygens (including phenoxy) is 2. The molecule has 4 rings (SSSR count). The maximum absolute atomic E-state index is 13.2. The van der Waals surface area contributed by atoms with Crippen LogP contribution in [0.15, 0.2) is 82.0 Å². The monoisotopic (exact) mass is 415 g/mol. The summed E-state index contributed by atoms with van der Waals surface area (Å²) in [5.41, 5.74) is 2.35. The number of methoxy groups -OCH3 is 1. The van der Waals surface area contributed by atoms with Crippen LogP contribution in [0.1, 0.15) is 5.56 Å². The molecule has 31 heavy (non-hydrogen) atoms. The highest BCUT2D eigenvalue weighted by molar-refractivity contribution is 5.92. The molecule has 3 aromatic carbocycles. The van der Waals surface area contributed by atoms with E-state index in [0.717, 1.165) is 5.56 Å². The van der Waals surface area contributed by atoms with Crippen molar-refractivity contribution in [2.75, 3.05) is 19.0 Å². The molecule has 6 heteroatoms. The first-order valence-corrected chi connectivity index (χ1v) is 9.75. The van der Waals surface area contributed by atoms with Crippen molar-refractivity contribution in [1.29, 1.82) is 0 Å². The molecule has 0 bridgehead atoms. The first kappa shape index (κ1) is 20.2. The summed E-state index contributed by atoms with van der Waals surface area (Å²) in [6.07, 6.45) is 0. The van der Waals surface area contributed by atoms with Gasteiger partial charge in [-0.25, -0.2) is 0 Å². The third-order valence-electron chi connectivity index (χ3n) is 4.76. The number of benzene rings is 3. The number of aryl methyl sites for hydroxylation is 1. The molecule has 0 radical (unpaired) electrons. The van der Waals surface area contributed by atoms with Crippen molar-refractivity contribution >= 4 is 22.6 Å². The van der Waals surface area contributed by atoms with Crippen LogP contribution in [0.4, 0.5) is 5.69 Å². The molecule has 1 heterocycles. The second kappa shape index (κ2) is 8.75. The van der Waals surface area contributed by atoms with Gasteiger partial charge in [0.25, 0.3) is 5.91 Å². The SMILES string of the molecule is COc1ccc(NC(=O)COc2c(-c3ccccc3)oc3ccc(C)cc3c2=O)cc1. The number of rotatable bonds is 6. The first-order chi connectivity index (χ1) is 15.0. The molecule has 4 aromatic rings. The van der Waals surface area contributed by atoms with E-state index in [1.165, 1.54) is 0 Å². The Balaban J connectivity index is 1.64. The zero-order valence-electron chi connectivity index (χ0n) is 17.2. The summed E-state index contributed by atoms with van der Waals surface area (Å²) >= 11 is 0. The lowest BCUT2D eigenvalue weighted by Crippen LogP contribution is -2.22. The maximum atomic E-state index is 13.2. The predicted octanol–water partition coefficient (Wildman–Crippen LogP) is 4.79. The van der Waals surface area contributed by atoms with E-state index in [0.29, 0.717) is 33.7 Å². The van der Waals surface area contributed by atoms with Gasteiger partial charge in [0.15, 0.2) is 12.4 Å². The summed E-state index contributed by atoms with van der Waals surface area (Å²) in [7, 11) is 1.57. The fraction of sp³-hybridized carbons (Fsp3) is 0.120. The van der Waals surface area contributed by atoms with Crippen LogP contribution < -0.4 is 20.2 Å². The lowest BCUT2D eigenvalue weighted by molar-refractivity contribution is -0.118. The normalized spacial score (nSPS) is 10.6. The van der Waals surface area contributed by atoms with Gasteiger partial charge in [0, 0.05) is 11.3 Å². The molecule has 0 aliphatic rings. The molecule has 0 fully saturated rings. The number of hydrogen-bond donors (Lipinski definition) is 1. The number of fused-ring (bicyclic) bond motifs is 1. The highest BCUT2D eigenvalue weighted by Crippen LogP contribution is 2.31. The van der Waals surface area contributed by atoms with Crippen LogP contribution in [0.2, 0.25) is 0 Å². The molecule has 156 valence electrons. The van der Waals surface area contributed by atoms with E-state index in [2.05, 4.69) is 5.32 Å². The molecule has 0 saturated carbocycles. The Morgan fingerprint density at radius 2 is 1.74 bits per heavy atom. The zero-order chi connectivity index (χ0) is 21.8. The fourth-order valence-electron chi connectivity index (χ4n) is 3.21. The van der Waals surface area contributed by atoms with E-state index in [1.807, 2.05) is 43.3 Å². The van der Waals surface area contributed by atoms with Crippen molar-refractivity contribution in [3.8, 4) is 22.8 Å². The van der Waals surface area contributed by atoms with Crippen LogP contribution in [0.5, 0.6) is 11.5 Å². The lowest BCUT2D eigenvalue weighted by atomic mass is 10.1. The molecule has 0 atom stereocenters. The van der Waals surface area contributed by atoms with E-state index < -0.39 is 5.91 Å².